The summed E-state index contributed by atoms with van der Waals surface area (Å²) in [6.07, 6.45) is 0. The van der Waals surface area contributed by atoms with Crippen LogP contribution in [-0.4, -0.2) is 38.8 Å². The lowest BCUT2D eigenvalue weighted by atomic mass is 10.5. The van der Waals surface area contributed by atoms with E-state index < -0.39 is 0 Å². The second-order valence-corrected chi connectivity index (χ2v) is 5.01. The standard InChI is InChI=1S/C10H15N7S/c1-6-5-7(17(4)15-6)18-10-13-8(11)12-9(14-10)16(2)3/h5H,1-4H3,(H2,11,12,13,14). The van der Waals surface area contributed by atoms with E-state index in [0.29, 0.717) is 11.1 Å². The molecule has 2 rings (SSSR count). The third kappa shape index (κ3) is 2.70. The Morgan fingerprint density at radius 1 is 1.28 bits per heavy atom. The summed E-state index contributed by atoms with van der Waals surface area (Å²) in [6.45, 7) is 1.94. The first-order valence-electron chi connectivity index (χ1n) is 5.33. The molecule has 0 aliphatic carbocycles. The van der Waals surface area contributed by atoms with E-state index in [2.05, 4.69) is 20.1 Å². The molecular formula is C10H15N7S. The van der Waals surface area contributed by atoms with Crippen molar-refractivity contribution in [2.45, 2.75) is 17.1 Å². The summed E-state index contributed by atoms with van der Waals surface area (Å²) < 4.78 is 1.79. The molecule has 0 spiro atoms. The van der Waals surface area contributed by atoms with Gasteiger partial charge in [-0.2, -0.15) is 20.1 Å². The lowest BCUT2D eigenvalue weighted by Crippen LogP contribution is -2.15. The van der Waals surface area contributed by atoms with E-state index in [1.807, 2.05) is 34.1 Å². The largest absolute Gasteiger partial charge is 0.368 e. The quantitative estimate of drug-likeness (QED) is 0.874. The Kier molecular flexibility index (Phi) is 3.37. The molecule has 2 aromatic heterocycles. The van der Waals surface area contributed by atoms with Crippen LogP contribution in [0.5, 0.6) is 0 Å². The summed E-state index contributed by atoms with van der Waals surface area (Å²) in [4.78, 5) is 14.3. The van der Waals surface area contributed by atoms with Crippen molar-refractivity contribution in [1.82, 2.24) is 24.7 Å². The van der Waals surface area contributed by atoms with Crippen molar-refractivity contribution in [2.75, 3.05) is 24.7 Å². The van der Waals surface area contributed by atoms with Crippen molar-refractivity contribution >= 4 is 23.7 Å². The Balaban J connectivity index is 2.31. The molecule has 0 unspecified atom stereocenters. The Morgan fingerprint density at radius 2 is 2.00 bits per heavy atom. The molecule has 0 fully saturated rings. The van der Waals surface area contributed by atoms with Gasteiger partial charge in [-0.25, -0.2) is 0 Å². The van der Waals surface area contributed by atoms with Crippen LogP contribution in [-0.2, 0) is 7.05 Å². The van der Waals surface area contributed by atoms with Gasteiger partial charge in [-0.1, -0.05) is 0 Å². The van der Waals surface area contributed by atoms with Gasteiger partial charge in [0.15, 0.2) is 0 Å². The Morgan fingerprint density at radius 3 is 2.56 bits per heavy atom. The lowest BCUT2D eigenvalue weighted by molar-refractivity contribution is 0.691. The van der Waals surface area contributed by atoms with Crippen molar-refractivity contribution in [2.24, 2.45) is 7.05 Å². The third-order valence-electron chi connectivity index (χ3n) is 2.18. The Labute approximate surface area is 109 Å². The van der Waals surface area contributed by atoms with Gasteiger partial charge in [-0.3, -0.25) is 4.68 Å². The van der Waals surface area contributed by atoms with Crippen LogP contribution in [0, 0.1) is 6.92 Å². The van der Waals surface area contributed by atoms with Gasteiger partial charge >= 0.3 is 0 Å². The predicted octanol–water partition coefficient (Wildman–Crippen LogP) is 0.713. The summed E-state index contributed by atoms with van der Waals surface area (Å²) >= 11 is 1.41. The van der Waals surface area contributed by atoms with Crippen LogP contribution >= 0.6 is 11.8 Å². The predicted molar refractivity (Wildman–Crippen MR) is 70.6 cm³/mol. The molecule has 0 radical (unpaired) electrons. The fourth-order valence-corrected chi connectivity index (χ4v) is 2.24. The Hall–Kier alpha value is -1.83. The number of rotatable bonds is 3. The summed E-state index contributed by atoms with van der Waals surface area (Å²) in [7, 11) is 5.60. The maximum absolute atomic E-state index is 5.67. The molecule has 18 heavy (non-hydrogen) atoms. The molecule has 0 saturated heterocycles. The maximum atomic E-state index is 5.67. The summed E-state index contributed by atoms with van der Waals surface area (Å²) in [5, 5.41) is 5.80. The number of nitrogens with two attached hydrogens (primary N) is 1. The summed E-state index contributed by atoms with van der Waals surface area (Å²) in [5.41, 5.74) is 6.62. The van der Waals surface area contributed by atoms with E-state index >= 15 is 0 Å². The number of nitrogen functional groups attached to an aromatic ring is 1. The Bertz CT molecular complexity index is 563. The van der Waals surface area contributed by atoms with Crippen LogP contribution in [0.1, 0.15) is 5.69 Å². The third-order valence-corrected chi connectivity index (χ3v) is 3.13. The first-order valence-corrected chi connectivity index (χ1v) is 6.14. The minimum Gasteiger partial charge on any atom is -0.368 e. The van der Waals surface area contributed by atoms with Crippen molar-refractivity contribution in [3.63, 3.8) is 0 Å². The zero-order chi connectivity index (χ0) is 13.3. The highest BCUT2D eigenvalue weighted by Gasteiger charge is 2.10. The first-order chi connectivity index (χ1) is 8.45. The van der Waals surface area contributed by atoms with E-state index in [4.69, 9.17) is 5.73 Å². The number of hydrogen-bond acceptors (Lipinski definition) is 7. The van der Waals surface area contributed by atoms with E-state index in [1.54, 1.807) is 9.58 Å². The molecule has 0 saturated carbocycles. The molecule has 0 aliphatic rings. The molecular weight excluding hydrogens is 250 g/mol. The van der Waals surface area contributed by atoms with Gasteiger partial charge in [0.25, 0.3) is 0 Å². The molecule has 7 nitrogen and oxygen atoms in total. The molecule has 0 aliphatic heterocycles. The number of aryl methyl sites for hydroxylation is 2. The van der Waals surface area contributed by atoms with Crippen LogP contribution < -0.4 is 10.6 Å². The summed E-state index contributed by atoms with van der Waals surface area (Å²) in [5.74, 6) is 0.763. The second-order valence-electron chi connectivity index (χ2n) is 4.02. The van der Waals surface area contributed by atoms with Crippen molar-refractivity contribution < 1.29 is 0 Å². The van der Waals surface area contributed by atoms with Gasteiger partial charge < -0.3 is 10.6 Å². The van der Waals surface area contributed by atoms with Crippen molar-refractivity contribution in [3.8, 4) is 0 Å². The summed E-state index contributed by atoms with van der Waals surface area (Å²) in [6, 6.07) is 1.97. The van der Waals surface area contributed by atoms with E-state index in [1.165, 1.54) is 11.8 Å². The molecule has 96 valence electrons. The highest BCUT2D eigenvalue weighted by molar-refractivity contribution is 7.99. The van der Waals surface area contributed by atoms with E-state index in [-0.39, 0.29) is 5.95 Å². The molecule has 8 heteroatoms. The van der Waals surface area contributed by atoms with Crippen molar-refractivity contribution in [3.05, 3.63) is 11.8 Å². The molecule has 2 aromatic rings. The fourth-order valence-electron chi connectivity index (χ4n) is 1.38. The minimum absolute atomic E-state index is 0.218. The minimum atomic E-state index is 0.218. The van der Waals surface area contributed by atoms with E-state index in [0.717, 1.165) is 10.7 Å². The number of nitrogens with zero attached hydrogens (tertiary/aromatic N) is 6. The highest BCUT2D eigenvalue weighted by Crippen LogP contribution is 2.25. The molecule has 2 N–H and O–H groups in total. The van der Waals surface area contributed by atoms with Crippen LogP contribution in [0.2, 0.25) is 0 Å². The van der Waals surface area contributed by atoms with Gasteiger partial charge in [0, 0.05) is 21.1 Å². The van der Waals surface area contributed by atoms with E-state index in [9.17, 15) is 0 Å². The van der Waals surface area contributed by atoms with Crippen LogP contribution in [0.15, 0.2) is 16.2 Å². The van der Waals surface area contributed by atoms with Crippen molar-refractivity contribution in [1.29, 1.82) is 0 Å². The van der Waals surface area contributed by atoms with Gasteiger partial charge in [-0.05, 0) is 24.8 Å². The molecule has 0 bridgehead atoms. The SMILES string of the molecule is Cc1cc(Sc2nc(N)nc(N(C)C)n2)n(C)n1. The molecule has 0 amide bonds. The number of hydrogen-bond donors (Lipinski definition) is 1. The van der Waals surface area contributed by atoms with Gasteiger partial charge in [0.1, 0.15) is 5.03 Å². The maximum Gasteiger partial charge on any atom is 0.230 e. The van der Waals surface area contributed by atoms with Crippen LogP contribution in [0.25, 0.3) is 0 Å². The van der Waals surface area contributed by atoms with Gasteiger partial charge in [-0.15, -0.1) is 0 Å². The molecule has 0 aromatic carbocycles. The normalized spacial score (nSPS) is 10.7. The number of aromatic nitrogens is 5. The zero-order valence-corrected chi connectivity index (χ0v) is 11.6. The fraction of sp³-hybridized carbons (Fsp3) is 0.400. The smallest absolute Gasteiger partial charge is 0.230 e. The average Bonchev–Trinajstić information content (AvgIpc) is 2.56. The van der Waals surface area contributed by atoms with Crippen LogP contribution in [0.3, 0.4) is 0 Å². The topological polar surface area (TPSA) is 85.8 Å². The highest BCUT2D eigenvalue weighted by atomic mass is 32.2. The number of anilines is 2. The lowest BCUT2D eigenvalue weighted by Gasteiger charge is -2.10. The van der Waals surface area contributed by atoms with Gasteiger partial charge in [0.2, 0.25) is 17.1 Å². The second kappa shape index (κ2) is 4.81. The first kappa shape index (κ1) is 12.6. The molecule has 0 atom stereocenters. The van der Waals surface area contributed by atoms with Crippen LogP contribution in [0.4, 0.5) is 11.9 Å². The van der Waals surface area contributed by atoms with Gasteiger partial charge in [0.05, 0.1) is 5.69 Å². The zero-order valence-electron chi connectivity index (χ0n) is 10.7. The monoisotopic (exact) mass is 265 g/mol. The average molecular weight is 265 g/mol. The molecule has 2 heterocycles.